The number of rotatable bonds is 3. The molecule has 120 valence electrons. The summed E-state index contributed by atoms with van der Waals surface area (Å²) in [5.74, 6) is -1.35. The summed E-state index contributed by atoms with van der Waals surface area (Å²) in [6.45, 7) is 2.00. The van der Waals surface area contributed by atoms with Gasteiger partial charge in [0.1, 0.15) is 18.0 Å². The molecular weight excluding hydrogens is 288 g/mol. The summed E-state index contributed by atoms with van der Waals surface area (Å²) >= 11 is 0. The van der Waals surface area contributed by atoms with E-state index in [1.807, 2.05) is 0 Å². The summed E-state index contributed by atoms with van der Waals surface area (Å²) in [6.07, 6.45) is 3.64. The maximum atomic E-state index is 12.1. The van der Waals surface area contributed by atoms with E-state index < -0.39 is 24.1 Å². The quantitative estimate of drug-likeness (QED) is 0.777. The van der Waals surface area contributed by atoms with Gasteiger partial charge in [0.25, 0.3) is 0 Å². The van der Waals surface area contributed by atoms with Crippen LogP contribution in [0.4, 0.5) is 0 Å². The highest BCUT2D eigenvalue weighted by atomic mass is 16.7. The number of carbonyl (C=O) groups excluding carboxylic acids is 3. The number of ether oxygens (including phenoxy) is 3. The van der Waals surface area contributed by atoms with Crippen LogP contribution >= 0.6 is 0 Å². The van der Waals surface area contributed by atoms with E-state index >= 15 is 0 Å². The average Bonchev–Trinajstić information content (AvgIpc) is 2.83. The Morgan fingerprint density at radius 1 is 1.36 bits per heavy atom. The molecular formula is C16H20O6. The molecule has 0 aromatic heterocycles. The molecule has 0 saturated carbocycles. The molecule has 2 fully saturated rings. The lowest BCUT2D eigenvalue weighted by Gasteiger charge is -2.40. The first-order valence-corrected chi connectivity index (χ1v) is 7.71. The van der Waals surface area contributed by atoms with Crippen molar-refractivity contribution in [2.24, 2.45) is 0 Å². The zero-order valence-corrected chi connectivity index (χ0v) is 12.6. The van der Waals surface area contributed by atoms with Crippen molar-refractivity contribution in [2.75, 3.05) is 6.61 Å². The largest absolute Gasteiger partial charge is 0.363 e. The fourth-order valence-electron chi connectivity index (χ4n) is 3.16. The minimum Gasteiger partial charge on any atom is -0.363 e. The van der Waals surface area contributed by atoms with Crippen LogP contribution in [-0.2, 0) is 28.6 Å². The van der Waals surface area contributed by atoms with E-state index in [1.165, 1.54) is 13.0 Å². The molecule has 0 aliphatic carbocycles. The van der Waals surface area contributed by atoms with Crippen LogP contribution in [-0.4, -0.2) is 48.1 Å². The first-order valence-electron chi connectivity index (χ1n) is 7.71. The number of hydrogen-bond donors (Lipinski definition) is 0. The molecule has 0 radical (unpaired) electrons. The second-order valence-corrected chi connectivity index (χ2v) is 6.13. The molecule has 4 atom stereocenters. The van der Waals surface area contributed by atoms with Crippen LogP contribution in [0.25, 0.3) is 0 Å². The smallest absolute Gasteiger partial charge is 0.189 e. The van der Waals surface area contributed by atoms with E-state index in [2.05, 4.69) is 0 Å². The molecule has 0 bridgehead atoms. The van der Waals surface area contributed by atoms with Gasteiger partial charge in [-0.1, -0.05) is 0 Å². The first-order chi connectivity index (χ1) is 10.5. The van der Waals surface area contributed by atoms with Crippen molar-refractivity contribution >= 4 is 17.3 Å². The molecule has 0 aromatic carbocycles. The van der Waals surface area contributed by atoms with Crippen molar-refractivity contribution in [3.05, 3.63) is 12.2 Å². The third-order valence-corrected chi connectivity index (χ3v) is 4.29. The number of hydrogen-bond acceptors (Lipinski definition) is 6. The standard InChI is InChI=1S/C16H20O6/c1-10(17)8-13-12(19)9-14(21-13)15-11(18)4-6-16(22-15)5-2-3-7-20-16/h4,6,13-15H,2-3,5,7-9H2,1H3/t13?,14-,15+,16?/m1/s1. The van der Waals surface area contributed by atoms with Gasteiger partial charge in [-0.25, -0.2) is 0 Å². The third kappa shape index (κ3) is 3.04. The summed E-state index contributed by atoms with van der Waals surface area (Å²) in [6, 6.07) is 0. The minimum atomic E-state index is -0.873. The molecule has 3 aliphatic heterocycles. The van der Waals surface area contributed by atoms with Gasteiger partial charge in [0.05, 0.1) is 12.7 Å². The summed E-state index contributed by atoms with van der Waals surface area (Å²) in [7, 11) is 0. The Labute approximate surface area is 128 Å². The van der Waals surface area contributed by atoms with Crippen molar-refractivity contribution in [2.45, 2.75) is 63.1 Å². The second-order valence-electron chi connectivity index (χ2n) is 6.13. The van der Waals surface area contributed by atoms with Crippen LogP contribution in [0.3, 0.4) is 0 Å². The molecule has 2 saturated heterocycles. The lowest BCUT2D eigenvalue weighted by atomic mass is 9.97. The molecule has 3 heterocycles. The Morgan fingerprint density at radius 2 is 2.18 bits per heavy atom. The predicted octanol–water partition coefficient (Wildman–Crippen LogP) is 1.11. The monoisotopic (exact) mass is 308 g/mol. The highest BCUT2D eigenvalue weighted by molar-refractivity contribution is 5.97. The highest BCUT2D eigenvalue weighted by Crippen LogP contribution is 2.35. The average molecular weight is 308 g/mol. The highest BCUT2D eigenvalue weighted by Gasteiger charge is 2.47. The predicted molar refractivity (Wildman–Crippen MR) is 75.1 cm³/mol. The third-order valence-electron chi connectivity index (χ3n) is 4.29. The number of Topliss-reactive ketones (excluding diaryl/α,β-unsaturated/α-hetero) is 2. The van der Waals surface area contributed by atoms with E-state index in [4.69, 9.17) is 14.2 Å². The zero-order chi connectivity index (χ0) is 15.7. The van der Waals surface area contributed by atoms with Gasteiger partial charge >= 0.3 is 0 Å². The molecule has 3 rings (SSSR count). The number of carbonyl (C=O) groups is 3. The summed E-state index contributed by atoms with van der Waals surface area (Å²) < 4.78 is 17.2. The van der Waals surface area contributed by atoms with Gasteiger partial charge in [-0.15, -0.1) is 0 Å². The second kappa shape index (κ2) is 6.02. The van der Waals surface area contributed by atoms with Crippen molar-refractivity contribution in [1.82, 2.24) is 0 Å². The zero-order valence-electron chi connectivity index (χ0n) is 12.6. The summed E-state index contributed by atoms with van der Waals surface area (Å²) in [5.41, 5.74) is 0. The van der Waals surface area contributed by atoms with Gasteiger partial charge in [0.2, 0.25) is 0 Å². The van der Waals surface area contributed by atoms with Gasteiger partial charge in [-0.2, -0.15) is 0 Å². The lowest BCUT2D eigenvalue weighted by Crippen LogP contribution is -2.50. The Bertz CT molecular complexity index is 517. The normalized spacial score (nSPS) is 38.7. The molecule has 0 amide bonds. The van der Waals surface area contributed by atoms with Crippen molar-refractivity contribution in [3.63, 3.8) is 0 Å². The summed E-state index contributed by atoms with van der Waals surface area (Å²) in [4.78, 5) is 35.2. The molecule has 1 spiro atoms. The van der Waals surface area contributed by atoms with Crippen LogP contribution in [0.5, 0.6) is 0 Å². The van der Waals surface area contributed by atoms with E-state index in [-0.39, 0.29) is 30.2 Å². The van der Waals surface area contributed by atoms with E-state index in [9.17, 15) is 14.4 Å². The number of ketones is 3. The minimum absolute atomic E-state index is 0.0493. The Morgan fingerprint density at radius 3 is 2.86 bits per heavy atom. The van der Waals surface area contributed by atoms with Crippen LogP contribution in [0, 0.1) is 0 Å². The van der Waals surface area contributed by atoms with Gasteiger partial charge in [-0.3, -0.25) is 14.4 Å². The fraction of sp³-hybridized carbons (Fsp3) is 0.688. The van der Waals surface area contributed by atoms with E-state index in [1.54, 1.807) is 6.08 Å². The molecule has 22 heavy (non-hydrogen) atoms. The first kappa shape index (κ1) is 15.5. The van der Waals surface area contributed by atoms with Crippen molar-refractivity contribution in [1.29, 1.82) is 0 Å². The van der Waals surface area contributed by atoms with Crippen molar-refractivity contribution in [3.8, 4) is 0 Å². The topological polar surface area (TPSA) is 78.9 Å². The Hall–Kier alpha value is -1.37. The van der Waals surface area contributed by atoms with Gasteiger partial charge in [0, 0.05) is 19.3 Å². The SMILES string of the molecule is CC(=O)CC1O[C@@H]([C@H]2OC3(C=CC2=O)CCCCO3)CC1=O. The van der Waals surface area contributed by atoms with E-state index in [0.29, 0.717) is 13.0 Å². The molecule has 0 aromatic rings. The van der Waals surface area contributed by atoms with Crippen molar-refractivity contribution < 1.29 is 28.6 Å². The maximum absolute atomic E-state index is 12.1. The van der Waals surface area contributed by atoms with Crippen LogP contribution in [0.2, 0.25) is 0 Å². The van der Waals surface area contributed by atoms with Gasteiger partial charge < -0.3 is 14.2 Å². The van der Waals surface area contributed by atoms with E-state index in [0.717, 1.165) is 12.8 Å². The molecule has 6 heteroatoms. The molecule has 3 aliphatic rings. The Kier molecular flexibility index (Phi) is 4.25. The van der Waals surface area contributed by atoms with Gasteiger partial charge in [0.15, 0.2) is 17.4 Å². The molecule has 0 N–H and O–H groups in total. The van der Waals surface area contributed by atoms with Gasteiger partial charge in [-0.05, 0) is 31.9 Å². The Balaban J connectivity index is 1.71. The fourth-order valence-corrected chi connectivity index (χ4v) is 3.16. The van der Waals surface area contributed by atoms with Crippen LogP contribution in [0.1, 0.15) is 39.0 Å². The maximum Gasteiger partial charge on any atom is 0.189 e. The van der Waals surface area contributed by atoms with Crippen LogP contribution in [0.15, 0.2) is 12.2 Å². The molecule has 2 unspecified atom stereocenters. The molecule has 6 nitrogen and oxygen atoms in total. The lowest BCUT2D eigenvalue weighted by molar-refractivity contribution is -0.259. The van der Waals surface area contributed by atoms with Crippen LogP contribution < -0.4 is 0 Å². The summed E-state index contributed by atoms with van der Waals surface area (Å²) in [5, 5.41) is 0.